The third-order valence-electron chi connectivity index (χ3n) is 3.52. The lowest BCUT2D eigenvalue weighted by molar-refractivity contribution is -0.119. The molecule has 5 nitrogen and oxygen atoms in total. The summed E-state index contributed by atoms with van der Waals surface area (Å²) in [5.41, 5.74) is 0.677. The molecule has 3 rings (SSSR count). The molecule has 0 aliphatic carbocycles. The quantitative estimate of drug-likeness (QED) is 0.460. The van der Waals surface area contributed by atoms with Gasteiger partial charge in [0.25, 0.3) is 5.78 Å². The first kappa shape index (κ1) is 18.5. The second-order valence-electron chi connectivity index (χ2n) is 5.34. The van der Waals surface area contributed by atoms with Crippen molar-refractivity contribution in [3.63, 3.8) is 0 Å². The molecule has 0 unspecified atom stereocenters. The van der Waals surface area contributed by atoms with E-state index < -0.39 is 12.7 Å². The van der Waals surface area contributed by atoms with E-state index in [4.69, 9.17) is 23.2 Å². The van der Waals surface area contributed by atoms with E-state index >= 15 is 0 Å². The summed E-state index contributed by atoms with van der Waals surface area (Å²) in [6.07, 6.45) is -1.90. The van der Waals surface area contributed by atoms with Crippen LogP contribution in [0.5, 0.6) is 0 Å². The Bertz CT molecular complexity index is 955. The largest absolute Gasteiger partial charge is 0.405 e. The van der Waals surface area contributed by atoms with Crippen LogP contribution in [0.25, 0.3) is 16.9 Å². The minimum absolute atomic E-state index is 0.0233. The third kappa shape index (κ3) is 3.61. The highest BCUT2D eigenvalue weighted by Gasteiger charge is 2.33. The number of rotatable bonds is 5. The summed E-state index contributed by atoms with van der Waals surface area (Å²) in [5, 5.41) is 4.31. The van der Waals surface area contributed by atoms with Crippen LogP contribution in [-0.4, -0.2) is 38.8 Å². The molecule has 0 spiro atoms. The van der Waals surface area contributed by atoms with E-state index in [1.807, 2.05) is 0 Å². The smallest absolute Gasteiger partial charge is 0.343 e. The molecule has 26 heavy (non-hydrogen) atoms. The Morgan fingerprint density at radius 3 is 2.62 bits per heavy atom. The van der Waals surface area contributed by atoms with Gasteiger partial charge in [0, 0.05) is 17.1 Å². The molecule has 136 valence electrons. The highest BCUT2D eigenvalue weighted by atomic mass is 35.5. The van der Waals surface area contributed by atoms with Crippen molar-refractivity contribution in [2.75, 3.05) is 18.0 Å². The van der Waals surface area contributed by atoms with E-state index in [2.05, 4.69) is 21.6 Å². The highest BCUT2D eigenvalue weighted by molar-refractivity contribution is 6.36. The van der Waals surface area contributed by atoms with Crippen molar-refractivity contribution < 1.29 is 13.2 Å². The molecule has 2 aromatic heterocycles. The maximum Gasteiger partial charge on any atom is 0.405 e. The maximum atomic E-state index is 13.2. The van der Waals surface area contributed by atoms with E-state index in [1.54, 1.807) is 24.3 Å². The van der Waals surface area contributed by atoms with Gasteiger partial charge in [0.2, 0.25) is 0 Å². The van der Waals surface area contributed by atoms with Crippen LogP contribution in [0.15, 0.2) is 43.2 Å². The summed E-state index contributed by atoms with van der Waals surface area (Å²) in [6.45, 7) is 2.22. The Morgan fingerprint density at radius 1 is 1.23 bits per heavy atom. The van der Waals surface area contributed by atoms with Gasteiger partial charge in [-0.15, -0.1) is 6.58 Å². The molecule has 2 heterocycles. The first-order valence-electron chi connectivity index (χ1n) is 7.38. The van der Waals surface area contributed by atoms with Crippen molar-refractivity contribution in [3.05, 3.63) is 53.4 Å². The number of alkyl halides is 3. The summed E-state index contributed by atoms with van der Waals surface area (Å²) in [6, 6.07) is 6.67. The topological polar surface area (TPSA) is 46.3 Å². The third-order valence-corrected chi connectivity index (χ3v) is 4.12. The van der Waals surface area contributed by atoms with Crippen LogP contribution in [-0.2, 0) is 0 Å². The Hall–Kier alpha value is -2.32. The number of hydrogen-bond donors (Lipinski definition) is 0. The first-order valence-corrected chi connectivity index (χ1v) is 8.14. The van der Waals surface area contributed by atoms with E-state index in [9.17, 15) is 13.2 Å². The highest BCUT2D eigenvalue weighted by Crippen LogP contribution is 2.40. The summed E-state index contributed by atoms with van der Waals surface area (Å²) < 4.78 is 40.7. The van der Waals surface area contributed by atoms with Gasteiger partial charge in [-0.3, -0.25) is 0 Å². The summed E-state index contributed by atoms with van der Waals surface area (Å²) in [5.74, 6) is 0.167. The summed E-state index contributed by atoms with van der Waals surface area (Å²) >= 11 is 12.6. The zero-order valence-electron chi connectivity index (χ0n) is 13.2. The average molecular weight is 402 g/mol. The fourth-order valence-corrected chi connectivity index (χ4v) is 3.08. The number of nitrogens with zero attached hydrogens (tertiary/aromatic N) is 5. The number of aromatic nitrogens is 4. The molecule has 1 aromatic carbocycles. The molecular formula is C16H12Cl2F3N5. The fraction of sp³-hybridized carbons (Fsp3) is 0.188. The number of hydrogen-bond acceptors (Lipinski definition) is 4. The normalized spacial score (nSPS) is 11.7. The second kappa shape index (κ2) is 7.13. The molecule has 0 atom stereocenters. The molecule has 0 saturated carbocycles. The molecule has 0 amide bonds. The Balaban J connectivity index is 2.34. The van der Waals surface area contributed by atoms with Crippen LogP contribution in [0.3, 0.4) is 0 Å². The lowest BCUT2D eigenvalue weighted by Crippen LogP contribution is -2.36. The van der Waals surface area contributed by atoms with Crippen molar-refractivity contribution >= 4 is 34.8 Å². The minimum atomic E-state index is -4.45. The summed E-state index contributed by atoms with van der Waals surface area (Å²) in [4.78, 5) is 9.10. The molecule has 0 saturated heterocycles. The lowest BCUT2D eigenvalue weighted by atomic mass is 10.1. The predicted molar refractivity (Wildman–Crippen MR) is 94.7 cm³/mol. The van der Waals surface area contributed by atoms with E-state index in [1.165, 1.54) is 16.9 Å². The molecule has 0 aliphatic rings. The first-order chi connectivity index (χ1) is 12.3. The van der Waals surface area contributed by atoms with E-state index in [0.29, 0.717) is 10.6 Å². The van der Waals surface area contributed by atoms with Crippen LogP contribution in [0.1, 0.15) is 0 Å². The molecular weight excluding hydrogens is 390 g/mol. The zero-order valence-corrected chi connectivity index (χ0v) is 14.7. The zero-order chi connectivity index (χ0) is 18.9. The van der Waals surface area contributed by atoms with Gasteiger partial charge in [-0.1, -0.05) is 47.5 Å². The monoisotopic (exact) mass is 401 g/mol. The molecule has 0 radical (unpaired) electrons. The van der Waals surface area contributed by atoms with Gasteiger partial charge < -0.3 is 4.90 Å². The van der Waals surface area contributed by atoms with Gasteiger partial charge >= 0.3 is 6.18 Å². The Labute approximate surface area is 156 Å². The number of fused-ring (bicyclic) bond motifs is 1. The van der Waals surface area contributed by atoms with Crippen LogP contribution < -0.4 is 4.90 Å². The van der Waals surface area contributed by atoms with Crippen molar-refractivity contribution in [1.82, 2.24) is 19.6 Å². The fourth-order valence-electron chi connectivity index (χ4n) is 2.59. The molecule has 3 aromatic rings. The summed E-state index contributed by atoms with van der Waals surface area (Å²) in [7, 11) is 0. The average Bonchev–Trinajstić information content (AvgIpc) is 3.00. The van der Waals surface area contributed by atoms with Crippen LogP contribution in [0.2, 0.25) is 10.2 Å². The van der Waals surface area contributed by atoms with Gasteiger partial charge in [0.05, 0.1) is 5.56 Å². The Morgan fingerprint density at radius 2 is 1.96 bits per heavy atom. The van der Waals surface area contributed by atoms with Gasteiger partial charge in [-0.25, -0.2) is 0 Å². The predicted octanol–water partition coefficient (Wildman–Crippen LogP) is 4.65. The minimum Gasteiger partial charge on any atom is -0.343 e. The van der Waals surface area contributed by atoms with Gasteiger partial charge in [-0.05, 0) is 6.07 Å². The number of anilines is 1. The molecule has 0 aliphatic heterocycles. The molecule has 0 fully saturated rings. The molecule has 10 heteroatoms. The SMILES string of the molecule is C=CCN(CC(F)(F)F)c1c(-c2ccccc2Cl)c(Cl)nc2ncnn12. The van der Waals surface area contributed by atoms with Crippen molar-refractivity contribution in [1.29, 1.82) is 0 Å². The van der Waals surface area contributed by atoms with E-state index in [-0.39, 0.29) is 28.9 Å². The van der Waals surface area contributed by atoms with Gasteiger partial charge in [0.1, 0.15) is 23.8 Å². The molecule has 0 N–H and O–H groups in total. The van der Waals surface area contributed by atoms with Crippen molar-refractivity contribution in [2.24, 2.45) is 0 Å². The molecule has 0 bridgehead atoms. The van der Waals surface area contributed by atoms with Crippen LogP contribution in [0, 0.1) is 0 Å². The number of halogens is 5. The number of benzene rings is 1. The van der Waals surface area contributed by atoms with Crippen LogP contribution >= 0.6 is 23.2 Å². The van der Waals surface area contributed by atoms with Crippen molar-refractivity contribution in [2.45, 2.75) is 6.18 Å². The lowest BCUT2D eigenvalue weighted by Gasteiger charge is -2.27. The van der Waals surface area contributed by atoms with Gasteiger partial charge in [-0.2, -0.15) is 32.8 Å². The Kier molecular flexibility index (Phi) is 5.06. The van der Waals surface area contributed by atoms with Gasteiger partial charge in [0.15, 0.2) is 0 Å². The second-order valence-corrected chi connectivity index (χ2v) is 6.10. The van der Waals surface area contributed by atoms with E-state index in [0.717, 1.165) is 4.90 Å². The van der Waals surface area contributed by atoms with Crippen molar-refractivity contribution in [3.8, 4) is 11.1 Å². The maximum absolute atomic E-state index is 13.2. The standard InChI is InChI=1S/C16H12Cl2F3N5/c1-2-7-25(8-16(19,20)21)14-12(10-5-3-4-6-11(10)17)13(18)24-15-22-9-23-26(14)15/h2-6,9H,1,7-8H2. The van der Waals surface area contributed by atoms with Crippen LogP contribution in [0.4, 0.5) is 19.0 Å².